The van der Waals surface area contributed by atoms with Crippen LogP contribution in [0.5, 0.6) is 5.75 Å². The molecule has 0 heterocycles. The van der Waals surface area contributed by atoms with E-state index < -0.39 is 7.12 Å². The monoisotopic (exact) mass is 256 g/mol. The van der Waals surface area contributed by atoms with Crippen LogP contribution in [-0.2, 0) is 6.61 Å². The first-order valence-electron chi connectivity index (χ1n) is 6.21. The van der Waals surface area contributed by atoms with Crippen LogP contribution in [-0.4, -0.2) is 17.2 Å². The van der Waals surface area contributed by atoms with Crippen molar-refractivity contribution in [2.45, 2.75) is 20.5 Å². The van der Waals surface area contributed by atoms with E-state index in [1.165, 1.54) is 5.56 Å². The van der Waals surface area contributed by atoms with Gasteiger partial charge in [0.05, 0.1) is 0 Å². The molecule has 0 aliphatic carbocycles. The lowest BCUT2D eigenvalue weighted by Gasteiger charge is -2.10. The molecule has 4 heteroatoms. The van der Waals surface area contributed by atoms with Crippen molar-refractivity contribution in [3.05, 3.63) is 59.2 Å². The molecular formula is C15H17BO3. The summed E-state index contributed by atoms with van der Waals surface area (Å²) in [6, 6.07) is 13.3. The van der Waals surface area contributed by atoms with E-state index in [9.17, 15) is 0 Å². The first kappa shape index (κ1) is 13.7. The van der Waals surface area contributed by atoms with Crippen molar-refractivity contribution >= 4 is 12.6 Å². The molecule has 2 aromatic rings. The van der Waals surface area contributed by atoms with Gasteiger partial charge in [0.2, 0.25) is 0 Å². The fourth-order valence-corrected chi connectivity index (χ4v) is 1.84. The molecule has 2 rings (SSSR count). The van der Waals surface area contributed by atoms with E-state index in [0.29, 0.717) is 12.1 Å². The third-order valence-electron chi connectivity index (χ3n) is 3.01. The van der Waals surface area contributed by atoms with Crippen LogP contribution in [0.15, 0.2) is 42.5 Å². The Morgan fingerprint density at radius 2 is 1.68 bits per heavy atom. The SMILES string of the molecule is Cc1ccc(COc2ccc(B(O)O)cc2C)cc1. The molecule has 98 valence electrons. The fraction of sp³-hybridized carbons (Fsp3) is 0.200. The highest BCUT2D eigenvalue weighted by molar-refractivity contribution is 6.58. The number of ether oxygens (including phenoxy) is 1. The minimum atomic E-state index is -1.44. The van der Waals surface area contributed by atoms with Crippen LogP contribution in [0.25, 0.3) is 0 Å². The highest BCUT2D eigenvalue weighted by Crippen LogP contribution is 2.17. The van der Waals surface area contributed by atoms with Crippen LogP contribution in [0.1, 0.15) is 16.7 Å². The number of benzene rings is 2. The second-order valence-corrected chi connectivity index (χ2v) is 4.67. The van der Waals surface area contributed by atoms with Gasteiger partial charge in [0.1, 0.15) is 12.4 Å². The standard InChI is InChI=1S/C15H17BO3/c1-11-3-5-13(6-4-11)10-19-15-8-7-14(16(17)18)9-12(15)2/h3-9,17-18H,10H2,1-2H3. The third-order valence-corrected chi connectivity index (χ3v) is 3.01. The third kappa shape index (κ3) is 3.59. The molecule has 0 aromatic heterocycles. The van der Waals surface area contributed by atoms with Gasteiger partial charge in [-0.05, 0) is 36.5 Å². The van der Waals surface area contributed by atoms with Gasteiger partial charge in [0.25, 0.3) is 0 Å². The quantitative estimate of drug-likeness (QED) is 0.816. The summed E-state index contributed by atoms with van der Waals surface area (Å²) < 4.78 is 5.73. The normalized spacial score (nSPS) is 10.3. The Labute approximate surface area is 113 Å². The Bertz CT molecular complexity index is 550. The van der Waals surface area contributed by atoms with Gasteiger partial charge in [-0.15, -0.1) is 0 Å². The predicted octanol–water partition coefficient (Wildman–Crippen LogP) is 1.56. The molecular weight excluding hydrogens is 239 g/mol. The summed E-state index contributed by atoms with van der Waals surface area (Å²) >= 11 is 0. The van der Waals surface area contributed by atoms with Gasteiger partial charge >= 0.3 is 7.12 Å². The molecule has 19 heavy (non-hydrogen) atoms. The Balaban J connectivity index is 2.05. The molecule has 0 unspecified atom stereocenters. The van der Waals surface area contributed by atoms with Gasteiger partial charge in [-0.2, -0.15) is 0 Å². The predicted molar refractivity (Wildman–Crippen MR) is 76.5 cm³/mol. The number of hydrogen-bond donors (Lipinski definition) is 2. The van der Waals surface area contributed by atoms with Crippen molar-refractivity contribution in [1.29, 1.82) is 0 Å². The van der Waals surface area contributed by atoms with E-state index in [1.54, 1.807) is 18.2 Å². The van der Waals surface area contributed by atoms with Crippen LogP contribution in [0.2, 0.25) is 0 Å². The average Bonchev–Trinajstić information content (AvgIpc) is 2.39. The molecule has 0 radical (unpaired) electrons. The second kappa shape index (κ2) is 5.91. The molecule has 2 N–H and O–H groups in total. The largest absolute Gasteiger partial charge is 0.489 e. The van der Waals surface area contributed by atoms with Crippen molar-refractivity contribution in [2.75, 3.05) is 0 Å². The maximum atomic E-state index is 9.09. The zero-order valence-corrected chi connectivity index (χ0v) is 11.1. The topological polar surface area (TPSA) is 49.7 Å². The van der Waals surface area contributed by atoms with Crippen LogP contribution in [0.4, 0.5) is 0 Å². The van der Waals surface area contributed by atoms with Crippen LogP contribution in [0, 0.1) is 13.8 Å². The van der Waals surface area contributed by atoms with Crippen molar-refractivity contribution in [1.82, 2.24) is 0 Å². The summed E-state index contributed by atoms with van der Waals surface area (Å²) in [5, 5.41) is 18.2. The van der Waals surface area contributed by atoms with Crippen LogP contribution in [0.3, 0.4) is 0 Å². The average molecular weight is 256 g/mol. The molecule has 3 nitrogen and oxygen atoms in total. The second-order valence-electron chi connectivity index (χ2n) is 4.67. The summed E-state index contributed by atoms with van der Waals surface area (Å²) in [7, 11) is -1.44. The highest BCUT2D eigenvalue weighted by atomic mass is 16.5. The van der Waals surface area contributed by atoms with Crippen LogP contribution >= 0.6 is 0 Å². The van der Waals surface area contributed by atoms with Gasteiger partial charge in [-0.3, -0.25) is 0 Å². The van der Waals surface area contributed by atoms with Gasteiger partial charge in [0.15, 0.2) is 0 Å². The summed E-state index contributed by atoms with van der Waals surface area (Å²) in [6.07, 6.45) is 0. The summed E-state index contributed by atoms with van der Waals surface area (Å²) in [4.78, 5) is 0. The molecule has 0 atom stereocenters. The Hall–Kier alpha value is -1.78. The Kier molecular flexibility index (Phi) is 4.25. The molecule has 0 saturated carbocycles. The summed E-state index contributed by atoms with van der Waals surface area (Å²) in [5.74, 6) is 0.755. The van der Waals surface area contributed by atoms with E-state index in [4.69, 9.17) is 14.8 Å². The van der Waals surface area contributed by atoms with Crippen molar-refractivity contribution < 1.29 is 14.8 Å². The highest BCUT2D eigenvalue weighted by Gasteiger charge is 2.12. The maximum absolute atomic E-state index is 9.09. The van der Waals surface area contributed by atoms with Gasteiger partial charge < -0.3 is 14.8 Å². The van der Waals surface area contributed by atoms with Gasteiger partial charge in [-0.1, -0.05) is 42.0 Å². The smallest absolute Gasteiger partial charge is 0.488 e. The molecule has 2 aromatic carbocycles. The zero-order chi connectivity index (χ0) is 13.8. The van der Waals surface area contributed by atoms with E-state index in [-0.39, 0.29) is 0 Å². The molecule has 0 amide bonds. The first-order valence-corrected chi connectivity index (χ1v) is 6.21. The van der Waals surface area contributed by atoms with E-state index >= 15 is 0 Å². The minimum absolute atomic E-state index is 0.472. The molecule has 0 bridgehead atoms. The molecule has 0 saturated heterocycles. The number of aryl methyl sites for hydroxylation is 2. The Morgan fingerprint density at radius 3 is 2.26 bits per heavy atom. The Morgan fingerprint density at radius 1 is 1.00 bits per heavy atom. The summed E-state index contributed by atoms with van der Waals surface area (Å²) in [6.45, 7) is 4.44. The minimum Gasteiger partial charge on any atom is -0.489 e. The van der Waals surface area contributed by atoms with Crippen molar-refractivity contribution in [2.24, 2.45) is 0 Å². The number of hydrogen-bond acceptors (Lipinski definition) is 3. The molecule has 0 spiro atoms. The van der Waals surface area contributed by atoms with Crippen molar-refractivity contribution in [3.63, 3.8) is 0 Å². The lowest BCUT2D eigenvalue weighted by Crippen LogP contribution is -2.29. The van der Waals surface area contributed by atoms with Gasteiger partial charge in [-0.25, -0.2) is 0 Å². The molecule has 0 aliphatic rings. The number of rotatable bonds is 4. The van der Waals surface area contributed by atoms with E-state index in [0.717, 1.165) is 16.9 Å². The van der Waals surface area contributed by atoms with Crippen LogP contribution < -0.4 is 10.2 Å². The molecule has 0 fully saturated rings. The van der Waals surface area contributed by atoms with Crippen molar-refractivity contribution in [3.8, 4) is 5.75 Å². The van der Waals surface area contributed by atoms with Gasteiger partial charge in [0, 0.05) is 0 Å². The lowest BCUT2D eigenvalue weighted by atomic mass is 9.79. The molecule has 0 aliphatic heterocycles. The van der Waals surface area contributed by atoms with E-state index in [2.05, 4.69) is 12.1 Å². The lowest BCUT2D eigenvalue weighted by molar-refractivity contribution is 0.304. The summed E-state index contributed by atoms with van der Waals surface area (Å²) in [5.41, 5.74) is 3.69. The zero-order valence-electron chi connectivity index (χ0n) is 11.1. The van der Waals surface area contributed by atoms with E-state index in [1.807, 2.05) is 26.0 Å². The fourth-order valence-electron chi connectivity index (χ4n) is 1.84. The maximum Gasteiger partial charge on any atom is 0.488 e. The first-order chi connectivity index (χ1) is 9.06.